The highest BCUT2D eigenvalue weighted by Crippen LogP contribution is 2.24. The highest BCUT2D eigenvalue weighted by molar-refractivity contribution is 6.21. The number of benzene rings is 1. The maximum Gasteiger partial charge on any atom is 0.261 e. The maximum absolute atomic E-state index is 11.8. The van der Waals surface area contributed by atoms with Crippen LogP contribution in [-0.4, -0.2) is 35.7 Å². The van der Waals surface area contributed by atoms with Gasteiger partial charge in [0, 0.05) is 12.7 Å². The lowest BCUT2D eigenvalue weighted by atomic mass is 10.1. The first-order valence-electron chi connectivity index (χ1n) is 6.09. The van der Waals surface area contributed by atoms with Crippen molar-refractivity contribution < 1.29 is 14.4 Å². The van der Waals surface area contributed by atoms with Gasteiger partial charge in [0.25, 0.3) is 11.8 Å². The Morgan fingerprint density at radius 1 is 1.40 bits per heavy atom. The third-order valence-corrected chi connectivity index (χ3v) is 3.11. The van der Waals surface area contributed by atoms with Gasteiger partial charge in [0.15, 0.2) is 0 Å². The Morgan fingerprint density at radius 3 is 2.70 bits per heavy atom. The number of hydrogen-bond donors (Lipinski definition) is 2. The molecule has 1 unspecified atom stereocenters. The quantitative estimate of drug-likeness (QED) is 0.625. The maximum atomic E-state index is 11.8. The summed E-state index contributed by atoms with van der Waals surface area (Å²) >= 11 is 0. The summed E-state index contributed by atoms with van der Waals surface area (Å²) < 4.78 is 0. The molecule has 0 aromatic heterocycles. The molecule has 1 heterocycles. The van der Waals surface area contributed by atoms with Gasteiger partial charge < -0.3 is 11.1 Å². The van der Waals surface area contributed by atoms with Crippen LogP contribution in [0.25, 0.3) is 0 Å². The van der Waals surface area contributed by atoms with Crippen LogP contribution in [0.3, 0.4) is 0 Å². The Bertz CT molecular complexity index is 610. The summed E-state index contributed by atoms with van der Waals surface area (Å²) in [5.41, 5.74) is 6.71. The molecule has 0 saturated carbocycles. The fraction of sp³-hybridized carbons (Fsp3) is 0.214. The average Bonchev–Trinajstić information content (AvgIpc) is 2.64. The van der Waals surface area contributed by atoms with E-state index < -0.39 is 6.04 Å². The van der Waals surface area contributed by atoms with Crippen LogP contribution in [0.1, 0.15) is 27.1 Å². The van der Waals surface area contributed by atoms with Crippen LogP contribution in [0.4, 0.5) is 5.69 Å². The lowest BCUT2D eigenvalue weighted by molar-refractivity contribution is -0.117. The number of nitrogens with one attached hydrogen (secondary N) is 1. The second-order valence-electron chi connectivity index (χ2n) is 4.55. The van der Waals surface area contributed by atoms with Gasteiger partial charge in [0.05, 0.1) is 17.2 Å². The molecule has 6 nitrogen and oxygen atoms in total. The molecule has 2 rings (SSSR count). The lowest BCUT2D eigenvalue weighted by Crippen LogP contribution is -2.35. The molecule has 0 bridgehead atoms. The van der Waals surface area contributed by atoms with Gasteiger partial charge in [-0.05, 0) is 24.6 Å². The molecule has 0 fully saturated rings. The largest absolute Gasteiger partial charge is 0.325 e. The number of carbonyl (C=O) groups excluding carboxylic acids is 3. The number of rotatable bonds is 4. The predicted octanol–water partition coefficient (Wildman–Crippen LogP) is 0.754. The minimum atomic E-state index is -0.694. The first-order chi connectivity index (χ1) is 9.45. The fourth-order valence-corrected chi connectivity index (χ4v) is 1.96. The molecule has 0 aliphatic carbocycles. The highest BCUT2D eigenvalue weighted by Gasteiger charge is 2.32. The Labute approximate surface area is 116 Å². The number of hydrogen-bond acceptors (Lipinski definition) is 4. The molecule has 3 N–H and O–H groups in total. The van der Waals surface area contributed by atoms with Gasteiger partial charge in [-0.3, -0.25) is 19.3 Å². The van der Waals surface area contributed by atoms with Gasteiger partial charge in [-0.15, -0.1) is 6.58 Å². The van der Waals surface area contributed by atoms with Crippen molar-refractivity contribution in [2.24, 2.45) is 5.73 Å². The van der Waals surface area contributed by atoms with Gasteiger partial charge in [-0.1, -0.05) is 6.08 Å². The number of nitrogens with zero attached hydrogens (tertiary/aromatic N) is 1. The highest BCUT2D eigenvalue weighted by atomic mass is 16.2. The zero-order chi connectivity index (χ0) is 14.9. The van der Waals surface area contributed by atoms with Gasteiger partial charge in [-0.2, -0.15) is 0 Å². The minimum Gasteiger partial charge on any atom is -0.325 e. The van der Waals surface area contributed by atoms with Crippen molar-refractivity contribution in [3.8, 4) is 0 Å². The Kier molecular flexibility index (Phi) is 3.67. The molecule has 6 heteroatoms. The van der Waals surface area contributed by atoms with Crippen LogP contribution >= 0.6 is 0 Å². The number of anilines is 1. The molecule has 0 spiro atoms. The van der Waals surface area contributed by atoms with E-state index in [0.717, 1.165) is 4.90 Å². The standard InChI is InChI=1S/C14H15N3O3/c1-3-4-11(15)12(18)16-8-5-6-9-10(7-8)14(20)17(2)13(9)19/h3,5-7,11H,1,4,15H2,2H3,(H,16,18). The topological polar surface area (TPSA) is 92.5 Å². The number of imide groups is 1. The molecular weight excluding hydrogens is 258 g/mol. The van der Waals surface area contributed by atoms with Crippen LogP contribution in [0.15, 0.2) is 30.9 Å². The van der Waals surface area contributed by atoms with Crippen LogP contribution < -0.4 is 11.1 Å². The third-order valence-electron chi connectivity index (χ3n) is 3.11. The minimum absolute atomic E-state index is 0.285. The predicted molar refractivity (Wildman–Crippen MR) is 74.3 cm³/mol. The smallest absolute Gasteiger partial charge is 0.261 e. The molecule has 1 aromatic carbocycles. The second kappa shape index (κ2) is 5.26. The molecule has 1 aromatic rings. The first kappa shape index (κ1) is 14.0. The number of fused-ring (bicyclic) bond motifs is 1. The van der Waals surface area contributed by atoms with Gasteiger partial charge in [0.1, 0.15) is 0 Å². The summed E-state index contributed by atoms with van der Waals surface area (Å²) in [6.07, 6.45) is 1.92. The van der Waals surface area contributed by atoms with Gasteiger partial charge in [0.2, 0.25) is 5.91 Å². The van der Waals surface area contributed by atoms with Crippen molar-refractivity contribution in [2.45, 2.75) is 12.5 Å². The van der Waals surface area contributed by atoms with Crippen LogP contribution in [0, 0.1) is 0 Å². The van der Waals surface area contributed by atoms with Crippen molar-refractivity contribution >= 4 is 23.4 Å². The molecule has 20 heavy (non-hydrogen) atoms. The molecule has 3 amide bonds. The normalized spacial score (nSPS) is 15.0. The Morgan fingerprint density at radius 2 is 2.05 bits per heavy atom. The van der Waals surface area contributed by atoms with E-state index in [1.807, 2.05) is 0 Å². The van der Waals surface area contributed by atoms with E-state index in [1.54, 1.807) is 12.1 Å². The molecule has 1 aliphatic heterocycles. The average molecular weight is 273 g/mol. The third kappa shape index (κ3) is 2.33. The summed E-state index contributed by atoms with van der Waals surface area (Å²) in [5.74, 6) is -1.09. The summed E-state index contributed by atoms with van der Waals surface area (Å²) in [7, 11) is 1.42. The molecule has 1 atom stereocenters. The Hall–Kier alpha value is -2.47. The van der Waals surface area contributed by atoms with Crippen LogP contribution in [0.2, 0.25) is 0 Å². The second-order valence-corrected chi connectivity index (χ2v) is 4.55. The zero-order valence-electron chi connectivity index (χ0n) is 11.1. The van der Waals surface area contributed by atoms with Crippen molar-refractivity contribution in [3.63, 3.8) is 0 Å². The van der Waals surface area contributed by atoms with E-state index in [9.17, 15) is 14.4 Å². The summed E-state index contributed by atoms with van der Waals surface area (Å²) in [5, 5.41) is 2.61. The number of amides is 3. The summed E-state index contributed by atoms with van der Waals surface area (Å²) in [6, 6.07) is 3.88. The van der Waals surface area contributed by atoms with E-state index in [2.05, 4.69) is 11.9 Å². The van der Waals surface area contributed by atoms with Gasteiger partial charge >= 0.3 is 0 Å². The van der Waals surface area contributed by atoms with E-state index in [1.165, 1.54) is 19.2 Å². The van der Waals surface area contributed by atoms with Crippen LogP contribution in [0.5, 0.6) is 0 Å². The zero-order valence-corrected chi connectivity index (χ0v) is 11.1. The number of nitrogens with two attached hydrogens (primary N) is 1. The molecule has 1 aliphatic rings. The van der Waals surface area contributed by atoms with Gasteiger partial charge in [-0.25, -0.2) is 0 Å². The van der Waals surface area contributed by atoms with Crippen molar-refractivity contribution in [2.75, 3.05) is 12.4 Å². The Balaban J connectivity index is 2.21. The summed E-state index contributed by atoms with van der Waals surface area (Å²) in [4.78, 5) is 36.4. The van der Waals surface area contributed by atoms with Crippen LogP contribution in [-0.2, 0) is 4.79 Å². The first-order valence-corrected chi connectivity index (χ1v) is 6.09. The summed E-state index contributed by atoms with van der Waals surface area (Å²) in [6.45, 7) is 3.52. The van der Waals surface area contributed by atoms with Crippen molar-refractivity contribution in [1.29, 1.82) is 0 Å². The van der Waals surface area contributed by atoms with E-state index in [-0.39, 0.29) is 23.3 Å². The SMILES string of the molecule is C=CCC(N)C(=O)Nc1ccc2c(c1)C(=O)N(C)C2=O. The molecule has 104 valence electrons. The molecule has 0 radical (unpaired) electrons. The van der Waals surface area contributed by atoms with E-state index >= 15 is 0 Å². The molecule has 0 saturated heterocycles. The molecular formula is C14H15N3O3. The lowest BCUT2D eigenvalue weighted by Gasteiger charge is -2.10. The fourth-order valence-electron chi connectivity index (χ4n) is 1.96. The van der Waals surface area contributed by atoms with E-state index in [4.69, 9.17) is 5.73 Å². The van der Waals surface area contributed by atoms with Crippen molar-refractivity contribution in [1.82, 2.24) is 4.90 Å². The monoisotopic (exact) mass is 273 g/mol. The van der Waals surface area contributed by atoms with E-state index in [0.29, 0.717) is 17.7 Å². The number of carbonyl (C=O) groups is 3. The van der Waals surface area contributed by atoms with Crippen molar-refractivity contribution in [3.05, 3.63) is 42.0 Å².